The Balaban J connectivity index is 1.33. The third kappa shape index (κ3) is 5.55. The molecule has 2 aromatic rings. The monoisotopic (exact) mass is 461 g/mol. The summed E-state index contributed by atoms with van der Waals surface area (Å²) in [6.45, 7) is 11.2. The van der Waals surface area contributed by atoms with Gasteiger partial charge in [0.1, 0.15) is 12.0 Å². The predicted molar refractivity (Wildman–Crippen MR) is 133 cm³/mol. The molecule has 0 aliphatic carbocycles. The topological polar surface area (TPSA) is 62.7 Å². The Labute approximate surface area is 202 Å². The summed E-state index contributed by atoms with van der Waals surface area (Å²) in [5.74, 6) is 1.27. The maximum absolute atomic E-state index is 12.9. The minimum atomic E-state index is -0.385. The minimum absolute atomic E-state index is 0.0326. The Kier molecular flexibility index (Phi) is 7.78. The molecule has 34 heavy (non-hydrogen) atoms. The first-order valence-corrected chi connectivity index (χ1v) is 12.3. The van der Waals surface area contributed by atoms with Gasteiger partial charge in [-0.15, -0.1) is 6.58 Å². The van der Waals surface area contributed by atoms with Crippen molar-refractivity contribution in [2.75, 3.05) is 13.1 Å². The lowest BCUT2D eigenvalue weighted by Crippen LogP contribution is -2.36. The number of benzene rings is 1. The molecule has 0 N–H and O–H groups in total. The van der Waals surface area contributed by atoms with Gasteiger partial charge in [-0.2, -0.15) is 0 Å². The van der Waals surface area contributed by atoms with E-state index < -0.39 is 0 Å². The Morgan fingerprint density at radius 2 is 2.00 bits per heavy atom. The highest BCUT2D eigenvalue weighted by Crippen LogP contribution is 2.33. The number of hydrogen-bond donors (Lipinski definition) is 0. The molecule has 1 amide bonds. The van der Waals surface area contributed by atoms with Crippen LogP contribution in [-0.4, -0.2) is 52.2 Å². The predicted octanol–water partition coefficient (Wildman–Crippen LogP) is 4.74. The zero-order valence-electron chi connectivity index (χ0n) is 20.3. The summed E-state index contributed by atoms with van der Waals surface area (Å²) in [7, 11) is 0. The van der Waals surface area contributed by atoms with E-state index in [1.54, 1.807) is 11.0 Å². The van der Waals surface area contributed by atoms with E-state index in [1.165, 1.54) is 5.56 Å². The molecule has 0 bridgehead atoms. The number of likely N-dealkylation sites (tertiary alicyclic amines) is 1. The lowest BCUT2D eigenvalue weighted by Gasteiger charge is -2.32. The molecular formula is C28H35N3O3. The van der Waals surface area contributed by atoms with Crippen LogP contribution in [0, 0.1) is 0 Å². The van der Waals surface area contributed by atoms with E-state index >= 15 is 0 Å². The van der Waals surface area contributed by atoms with Gasteiger partial charge < -0.3 is 14.4 Å². The maximum atomic E-state index is 12.9. The van der Waals surface area contributed by atoms with Crippen LogP contribution >= 0.6 is 0 Å². The van der Waals surface area contributed by atoms with Gasteiger partial charge in [-0.05, 0) is 87.9 Å². The van der Waals surface area contributed by atoms with Crippen molar-refractivity contribution in [1.29, 1.82) is 0 Å². The second kappa shape index (κ2) is 11.0. The van der Waals surface area contributed by atoms with Crippen LogP contribution < -0.4 is 4.74 Å². The van der Waals surface area contributed by atoms with Crippen molar-refractivity contribution >= 4 is 12.2 Å². The lowest BCUT2D eigenvalue weighted by atomic mass is 9.88. The van der Waals surface area contributed by atoms with Gasteiger partial charge in [0.15, 0.2) is 0 Å². The van der Waals surface area contributed by atoms with Crippen molar-refractivity contribution in [2.45, 2.75) is 70.7 Å². The molecule has 180 valence electrons. The summed E-state index contributed by atoms with van der Waals surface area (Å²) in [6.07, 6.45) is 8.16. The molecule has 1 unspecified atom stereocenters. The summed E-state index contributed by atoms with van der Waals surface area (Å²) in [4.78, 5) is 33.2. The molecule has 6 heteroatoms. The number of carbonyl (C=O) groups excluding carboxylic acids is 2. The van der Waals surface area contributed by atoms with Crippen LogP contribution in [0.2, 0.25) is 0 Å². The van der Waals surface area contributed by atoms with Gasteiger partial charge in [0.05, 0.1) is 24.0 Å². The number of carbonyl (C=O) groups is 2. The molecule has 1 saturated heterocycles. The third-order valence-corrected chi connectivity index (χ3v) is 6.80. The first-order valence-electron chi connectivity index (χ1n) is 12.3. The second-order valence-electron chi connectivity index (χ2n) is 9.62. The van der Waals surface area contributed by atoms with Gasteiger partial charge in [0, 0.05) is 18.7 Å². The molecule has 0 radical (unpaired) electrons. The summed E-state index contributed by atoms with van der Waals surface area (Å²) >= 11 is 0. The number of fused-ring (bicyclic) bond motifs is 1. The van der Waals surface area contributed by atoms with Gasteiger partial charge in [-0.1, -0.05) is 18.2 Å². The highest BCUT2D eigenvalue weighted by molar-refractivity contribution is 5.99. The summed E-state index contributed by atoms with van der Waals surface area (Å²) in [5.41, 5.74) is 4.15. The Bertz CT molecular complexity index is 1010. The Hall–Kier alpha value is -2.99. The van der Waals surface area contributed by atoms with Crippen LogP contribution in [0.4, 0.5) is 0 Å². The van der Waals surface area contributed by atoms with Gasteiger partial charge >= 0.3 is 0 Å². The molecule has 1 fully saturated rings. The first-order chi connectivity index (χ1) is 16.5. The number of allylic oxidation sites excluding steroid dienone is 1. The molecule has 2 aliphatic rings. The number of hydrogen-bond acceptors (Lipinski definition) is 5. The number of piperidine rings is 1. The number of aromatic nitrogens is 1. The summed E-state index contributed by atoms with van der Waals surface area (Å²) in [6, 6.07) is 9.92. The van der Waals surface area contributed by atoms with Gasteiger partial charge in [0.2, 0.25) is 0 Å². The SMILES string of the molecule is C=CCCC(C=O)N1Cc2cc(C3CCN(Cc4ccc(OC(C)C)cn4)CC3)ccc2C1=O. The fourth-order valence-electron chi connectivity index (χ4n) is 4.97. The zero-order valence-corrected chi connectivity index (χ0v) is 20.3. The number of pyridine rings is 1. The standard InChI is InChI=1S/C28H35N3O3/c1-4-5-6-25(19-32)31-17-23-15-22(7-10-27(23)28(31)33)21-11-13-30(14-12-21)18-24-8-9-26(16-29-24)34-20(2)3/h4,7-10,15-16,19-21,25H,1,5-6,11-14,17-18H2,2-3H3. The van der Waals surface area contributed by atoms with E-state index in [4.69, 9.17) is 4.74 Å². The third-order valence-electron chi connectivity index (χ3n) is 6.80. The maximum Gasteiger partial charge on any atom is 0.255 e. The van der Waals surface area contributed by atoms with E-state index in [1.807, 2.05) is 32.2 Å². The van der Waals surface area contributed by atoms with E-state index in [0.29, 0.717) is 18.9 Å². The van der Waals surface area contributed by atoms with Gasteiger partial charge in [-0.25, -0.2) is 0 Å². The average molecular weight is 462 g/mol. The van der Waals surface area contributed by atoms with Crippen molar-refractivity contribution in [3.05, 3.63) is 71.6 Å². The number of amides is 1. The molecule has 3 heterocycles. The normalized spacial score (nSPS) is 17.6. The summed E-state index contributed by atoms with van der Waals surface area (Å²) < 4.78 is 5.68. The van der Waals surface area contributed by atoms with E-state index in [-0.39, 0.29) is 18.1 Å². The quantitative estimate of drug-likeness (QED) is 0.378. The molecule has 1 aromatic carbocycles. The Morgan fingerprint density at radius 3 is 2.65 bits per heavy atom. The second-order valence-corrected chi connectivity index (χ2v) is 9.62. The molecule has 0 spiro atoms. The first kappa shape index (κ1) is 24.1. The van der Waals surface area contributed by atoms with Crippen LogP contribution in [0.3, 0.4) is 0 Å². The van der Waals surface area contributed by atoms with E-state index in [2.05, 4.69) is 34.7 Å². The fraction of sp³-hybridized carbons (Fsp3) is 0.464. The fourth-order valence-corrected chi connectivity index (χ4v) is 4.97. The number of nitrogens with zero attached hydrogens (tertiary/aromatic N) is 3. The molecule has 4 rings (SSSR count). The van der Waals surface area contributed by atoms with E-state index in [0.717, 1.165) is 67.8 Å². The largest absolute Gasteiger partial charge is 0.489 e. The van der Waals surface area contributed by atoms with Crippen LogP contribution in [0.5, 0.6) is 5.75 Å². The van der Waals surface area contributed by atoms with Gasteiger partial charge in [0.25, 0.3) is 5.91 Å². The molecule has 1 aromatic heterocycles. The van der Waals surface area contributed by atoms with Crippen molar-refractivity contribution in [3.63, 3.8) is 0 Å². The Morgan fingerprint density at radius 1 is 1.21 bits per heavy atom. The highest BCUT2D eigenvalue weighted by atomic mass is 16.5. The minimum Gasteiger partial charge on any atom is -0.489 e. The molecule has 6 nitrogen and oxygen atoms in total. The van der Waals surface area contributed by atoms with Crippen molar-refractivity contribution in [3.8, 4) is 5.75 Å². The number of rotatable bonds is 10. The van der Waals surface area contributed by atoms with E-state index in [9.17, 15) is 9.59 Å². The smallest absolute Gasteiger partial charge is 0.255 e. The lowest BCUT2D eigenvalue weighted by molar-refractivity contribution is -0.112. The molecule has 2 aliphatic heterocycles. The zero-order chi connectivity index (χ0) is 24.1. The van der Waals surface area contributed by atoms with Crippen molar-refractivity contribution in [2.24, 2.45) is 0 Å². The summed E-state index contributed by atoms with van der Waals surface area (Å²) in [5, 5.41) is 0. The van der Waals surface area contributed by atoms with Gasteiger partial charge in [-0.3, -0.25) is 14.7 Å². The average Bonchev–Trinajstić information content (AvgIpc) is 3.16. The van der Waals surface area contributed by atoms with Crippen LogP contribution in [-0.2, 0) is 17.9 Å². The molecule has 0 saturated carbocycles. The van der Waals surface area contributed by atoms with Crippen molar-refractivity contribution < 1.29 is 14.3 Å². The van der Waals surface area contributed by atoms with Crippen LogP contribution in [0.15, 0.2) is 49.2 Å². The van der Waals surface area contributed by atoms with Crippen molar-refractivity contribution in [1.82, 2.24) is 14.8 Å². The van der Waals surface area contributed by atoms with Crippen LogP contribution in [0.25, 0.3) is 0 Å². The number of aldehydes is 1. The molecular weight excluding hydrogens is 426 g/mol. The van der Waals surface area contributed by atoms with Crippen LogP contribution in [0.1, 0.15) is 72.6 Å². The molecule has 1 atom stereocenters. The number of ether oxygens (including phenoxy) is 1. The highest BCUT2D eigenvalue weighted by Gasteiger charge is 2.33.